The van der Waals surface area contributed by atoms with Crippen molar-refractivity contribution in [3.63, 3.8) is 0 Å². The van der Waals surface area contributed by atoms with Crippen molar-refractivity contribution >= 4 is 15.8 Å². The van der Waals surface area contributed by atoms with Crippen LogP contribution in [0.1, 0.15) is 12.1 Å². The van der Waals surface area contributed by atoms with Crippen molar-refractivity contribution in [3.8, 4) is 6.07 Å². The molecule has 0 fully saturated rings. The minimum absolute atomic E-state index is 0.0143. The van der Waals surface area contributed by atoms with E-state index in [1.165, 1.54) is 11.7 Å². The van der Waals surface area contributed by atoms with Crippen LogP contribution in [0.25, 0.3) is 0 Å². The van der Waals surface area contributed by atoms with Gasteiger partial charge in [-0.25, -0.2) is 8.42 Å². The largest absolute Gasteiger partial charge is 0.381 e. The lowest BCUT2D eigenvalue weighted by Crippen LogP contribution is -2.28. The van der Waals surface area contributed by atoms with Crippen LogP contribution in [-0.4, -0.2) is 36.1 Å². The first-order chi connectivity index (χ1) is 7.82. The van der Waals surface area contributed by atoms with E-state index in [9.17, 15) is 8.42 Å². The molecule has 0 radical (unpaired) electrons. The second kappa shape index (κ2) is 4.73. The number of nitrogen functional groups attached to an aromatic ring is 1. The third-order valence-electron chi connectivity index (χ3n) is 2.51. The molecular formula is C9H15N5O2S. The number of aromatic nitrogens is 2. The Balaban J connectivity index is 3.18. The highest BCUT2D eigenvalue weighted by molar-refractivity contribution is 7.89. The second-order valence-electron chi connectivity index (χ2n) is 3.66. The summed E-state index contributed by atoms with van der Waals surface area (Å²) in [6.45, 7) is 1.76. The molecule has 0 unspecified atom stereocenters. The predicted molar refractivity (Wildman–Crippen MR) is 62.4 cm³/mol. The molecule has 1 aromatic heterocycles. The molecule has 1 rings (SSSR count). The first-order valence-electron chi connectivity index (χ1n) is 4.94. The number of nitrogens with zero attached hydrogens (tertiary/aromatic N) is 4. The van der Waals surface area contributed by atoms with Crippen molar-refractivity contribution in [1.82, 2.24) is 14.1 Å². The van der Waals surface area contributed by atoms with Gasteiger partial charge in [-0.15, -0.1) is 0 Å². The molecule has 0 amide bonds. The zero-order chi connectivity index (χ0) is 13.2. The van der Waals surface area contributed by atoms with Crippen LogP contribution in [0.2, 0.25) is 0 Å². The molecule has 0 spiro atoms. The molecule has 0 aliphatic heterocycles. The summed E-state index contributed by atoms with van der Waals surface area (Å²) < 4.78 is 26.9. The van der Waals surface area contributed by atoms with Gasteiger partial charge in [-0.3, -0.25) is 4.68 Å². The fourth-order valence-electron chi connectivity index (χ4n) is 1.42. The van der Waals surface area contributed by atoms with Crippen LogP contribution in [0, 0.1) is 18.3 Å². The Morgan fingerprint density at radius 1 is 1.59 bits per heavy atom. The molecule has 1 heterocycles. The topological polar surface area (TPSA) is 105 Å². The lowest BCUT2D eigenvalue weighted by molar-refractivity contribution is 0.476. The van der Waals surface area contributed by atoms with Gasteiger partial charge in [0.2, 0.25) is 10.0 Å². The molecule has 0 aliphatic rings. The van der Waals surface area contributed by atoms with E-state index in [4.69, 9.17) is 11.0 Å². The van der Waals surface area contributed by atoms with Crippen LogP contribution >= 0.6 is 0 Å². The van der Waals surface area contributed by atoms with Gasteiger partial charge in [-0.1, -0.05) is 0 Å². The highest BCUT2D eigenvalue weighted by Crippen LogP contribution is 2.24. The van der Waals surface area contributed by atoms with Crippen LogP contribution in [0.5, 0.6) is 0 Å². The van der Waals surface area contributed by atoms with Crippen molar-refractivity contribution in [2.45, 2.75) is 18.2 Å². The van der Waals surface area contributed by atoms with Crippen molar-refractivity contribution in [2.24, 2.45) is 7.05 Å². The highest BCUT2D eigenvalue weighted by atomic mass is 32.2. The van der Waals surface area contributed by atoms with E-state index < -0.39 is 10.0 Å². The van der Waals surface area contributed by atoms with E-state index in [0.29, 0.717) is 5.69 Å². The summed E-state index contributed by atoms with van der Waals surface area (Å²) in [4.78, 5) is 0.0143. The normalized spacial score (nSPS) is 11.7. The van der Waals surface area contributed by atoms with Gasteiger partial charge in [-0.05, 0) is 6.92 Å². The quantitative estimate of drug-likeness (QED) is 0.807. The number of anilines is 1. The van der Waals surface area contributed by atoms with Gasteiger partial charge in [0.1, 0.15) is 4.90 Å². The molecule has 0 aliphatic carbocycles. The maximum Gasteiger partial charge on any atom is 0.248 e. The van der Waals surface area contributed by atoms with Gasteiger partial charge in [0.05, 0.1) is 11.8 Å². The Morgan fingerprint density at radius 2 is 2.18 bits per heavy atom. The van der Waals surface area contributed by atoms with E-state index >= 15 is 0 Å². The number of sulfonamides is 1. The molecule has 2 N–H and O–H groups in total. The third kappa shape index (κ3) is 2.40. The van der Waals surface area contributed by atoms with E-state index in [-0.39, 0.29) is 23.7 Å². The van der Waals surface area contributed by atoms with Gasteiger partial charge in [-0.2, -0.15) is 14.7 Å². The molecule has 17 heavy (non-hydrogen) atoms. The number of aryl methyl sites for hydroxylation is 1. The summed E-state index contributed by atoms with van der Waals surface area (Å²) in [5.74, 6) is -0.0196. The molecule has 0 saturated carbocycles. The van der Waals surface area contributed by atoms with Crippen molar-refractivity contribution in [1.29, 1.82) is 5.26 Å². The molecular weight excluding hydrogens is 242 g/mol. The monoisotopic (exact) mass is 257 g/mol. The molecule has 0 atom stereocenters. The fraction of sp³-hybridized carbons (Fsp3) is 0.556. The van der Waals surface area contributed by atoms with Crippen LogP contribution in [0.15, 0.2) is 4.90 Å². The minimum atomic E-state index is -3.68. The number of nitrogens with two attached hydrogens (primary N) is 1. The lowest BCUT2D eigenvalue weighted by atomic mass is 10.5. The molecule has 0 bridgehead atoms. The number of rotatable bonds is 4. The average Bonchev–Trinajstić information content (AvgIpc) is 2.49. The third-order valence-corrected chi connectivity index (χ3v) is 4.53. The van der Waals surface area contributed by atoms with Gasteiger partial charge in [0.15, 0.2) is 5.82 Å². The molecule has 0 aromatic carbocycles. The number of hydrogen-bond acceptors (Lipinski definition) is 5. The summed E-state index contributed by atoms with van der Waals surface area (Å²) in [7, 11) is -0.638. The molecule has 0 saturated heterocycles. The smallest absolute Gasteiger partial charge is 0.248 e. The molecule has 8 heteroatoms. The highest BCUT2D eigenvalue weighted by Gasteiger charge is 2.28. The minimum Gasteiger partial charge on any atom is -0.381 e. The van der Waals surface area contributed by atoms with Crippen LogP contribution < -0.4 is 5.73 Å². The Kier molecular flexibility index (Phi) is 3.75. The van der Waals surface area contributed by atoms with E-state index in [1.54, 1.807) is 14.0 Å². The molecule has 94 valence electrons. The zero-order valence-corrected chi connectivity index (χ0v) is 10.8. The van der Waals surface area contributed by atoms with E-state index in [0.717, 1.165) is 4.31 Å². The summed E-state index contributed by atoms with van der Waals surface area (Å²) in [6.07, 6.45) is 0.134. The fourth-order valence-corrected chi connectivity index (χ4v) is 2.87. The summed E-state index contributed by atoms with van der Waals surface area (Å²) >= 11 is 0. The van der Waals surface area contributed by atoms with E-state index in [2.05, 4.69) is 5.10 Å². The maximum absolute atomic E-state index is 12.2. The molecule has 7 nitrogen and oxygen atoms in total. The van der Waals surface area contributed by atoms with Gasteiger partial charge < -0.3 is 5.73 Å². The Labute approximate surface area is 100 Å². The Morgan fingerprint density at radius 3 is 2.59 bits per heavy atom. The standard InChI is InChI=1S/C9H15N5O2S/c1-7-8(9(11)12-14(7)3)17(15,16)13(2)6-4-5-10/h4,6H2,1-3H3,(H2,11,12). The zero-order valence-electron chi connectivity index (χ0n) is 10.0. The lowest BCUT2D eigenvalue weighted by Gasteiger charge is -2.15. The van der Waals surface area contributed by atoms with Crippen molar-refractivity contribution in [3.05, 3.63) is 5.69 Å². The van der Waals surface area contributed by atoms with Crippen LogP contribution in [0.3, 0.4) is 0 Å². The summed E-state index contributed by atoms with van der Waals surface area (Å²) in [5.41, 5.74) is 6.07. The maximum atomic E-state index is 12.2. The first-order valence-corrected chi connectivity index (χ1v) is 6.38. The SMILES string of the molecule is Cc1c(S(=O)(=O)N(C)CCC#N)c(N)nn1C. The second-order valence-corrected chi connectivity index (χ2v) is 5.64. The average molecular weight is 257 g/mol. The van der Waals surface area contributed by atoms with Crippen LogP contribution in [0.4, 0.5) is 5.82 Å². The first kappa shape index (κ1) is 13.5. The molecule has 1 aromatic rings. The number of nitriles is 1. The summed E-state index contributed by atoms with van der Waals surface area (Å²) in [6, 6.07) is 1.90. The van der Waals surface area contributed by atoms with Gasteiger partial charge >= 0.3 is 0 Å². The van der Waals surface area contributed by atoms with E-state index in [1.807, 2.05) is 6.07 Å². The van der Waals surface area contributed by atoms with Crippen molar-refractivity contribution in [2.75, 3.05) is 19.3 Å². The summed E-state index contributed by atoms with van der Waals surface area (Å²) in [5, 5.41) is 12.3. The van der Waals surface area contributed by atoms with Gasteiger partial charge in [0, 0.05) is 27.1 Å². The Hall–Kier alpha value is -1.59. The van der Waals surface area contributed by atoms with Crippen molar-refractivity contribution < 1.29 is 8.42 Å². The van der Waals surface area contributed by atoms with Gasteiger partial charge in [0.25, 0.3) is 0 Å². The predicted octanol–water partition coefficient (Wildman–Crippen LogP) is -0.155. The Bertz CT molecular complexity index is 555. The number of hydrogen-bond donors (Lipinski definition) is 1. The van der Waals surface area contributed by atoms with Crippen LogP contribution in [-0.2, 0) is 17.1 Å².